The summed E-state index contributed by atoms with van der Waals surface area (Å²) in [5.41, 5.74) is 5.13. The minimum Gasteiger partial charge on any atom is -0.338 e. The smallest absolute Gasteiger partial charge is 0.338 e. The Morgan fingerprint density at radius 1 is 1.00 bits per heavy atom. The molecule has 0 amide bonds. The molecule has 0 aromatic carbocycles. The van der Waals surface area contributed by atoms with Gasteiger partial charge in [-0.2, -0.15) is 18.2 Å². The quantitative estimate of drug-likeness (QED) is 0.912. The average molecular weight is 353 g/mol. The van der Waals surface area contributed by atoms with E-state index in [1.54, 1.807) is 0 Å². The van der Waals surface area contributed by atoms with Gasteiger partial charge in [-0.1, -0.05) is 5.16 Å². The fourth-order valence-electron chi connectivity index (χ4n) is 4.01. The largest absolute Gasteiger partial charge is 0.419 e. The summed E-state index contributed by atoms with van der Waals surface area (Å²) in [5, 5.41) is 3.88. The molecule has 25 heavy (non-hydrogen) atoms. The maximum Gasteiger partial charge on any atom is 0.419 e. The molecular weight excluding hydrogens is 335 g/mol. The Bertz CT molecular complexity index is 746. The standard InChI is InChI=1S/C16H18F3N5O/c17-16(18,19)10-7-21-11(22-8-10)12-23-13(25-24-12)15-4-1-14(9-20,2-5-15)3-6-15/h7-8H,1-6,9,20H2/t14-,15+. The van der Waals surface area contributed by atoms with Crippen LogP contribution in [-0.4, -0.2) is 26.7 Å². The van der Waals surface area contributed by atoms with Gasteiger partial charge in [0.15, 0.2) is 0 Å². The molecule has 0 saturated heterocycles. The lowest BCUT2D eigenvalue weighted by molar-refractivity contribution is -0.138. The third kappa shape index (κ3) is 2.70. The number of hydrogen-bond acceptors (Lipinski definition) is 6. The highest BCUT2D eigenvalue weighted by Crippen LogP contribution is 2.57. The first-order valence-electron chi connectivity index (χ1n) is 8.30. The molecule has 0 atom stereocenters. The van der Waals surface area contributed by atoms with Crippen molar-refractivity contribution in [2.24, 2.45) is 11.1 Å². The van der Waals surface area contributed by atoms with Crippen molar-refractivity contribution < 1.29 is 17.7 Å². The van der Waals surface area contributed by atoms with Gasteiger partial charge in [-0.15, -0.1) is 0 Å². The van der Waals surface area contributed by atoms with Crippen molar-refractivity contribution in [2.75, 3.05) is 6.54 Å². The van der Waals surface area contributed by atoms with Crippen LogP contribution in [0.3, 0.4) is 0 Å². The Kier molecular flexibility index (Phi) is 3.61. The predicted molar refractivity (Wildman–Crippen MR) is 81.2 cm³/mol. The van der Waals surface area contributed by atoms with Crippen LogP contribution in [0.15, 0.2) is 16.9 Å². The first kappa shape index (κ1) is 16.4. The molecule has 5 rings (SSSR count). The van der Waals surface area contributed by atoms with Gasteiger partial charge in [-0.3, -0.25) is 0 Å². The molecule has 2 N–H and O–H groups in total. The van der Waals surface area contributed by atoms with Crippen molar-refractivity contribution in [1.82, 2.24) is 20.1 Å². The maximum absolute atomic E-state index is 12.6. The lowest BCUT2D eigenvalue weighted by Gasteiger charge is -2.51. The molecule has 3 saturated carbocycles. The van der Waals surface area contributed by atoms with E-state index < -0.39 is 11.7 Å². The number of rotatable bonds is 3. The second-order valence-corrected chi connectivity index (χ2v) is 7.20. The van der Waals surface area contributed by atoms with E-state index >= 15 is 0 Å². The van der Waals surface area contributed by atoms with E-state index in [0.29, 0.717) is 12.4 Å². The molecule has 2 heterocycles. The summed E-state index contributed by atoms with van der Waals surface area (Å²) >= 11 is 0. The summed E-state index contributed by atoms with van der Waals surface area (Å²) in [6.45, 7) is 0.706. The van der Waals surface area contributed by atoms with Crippen LogP contribution < -0.4 is 5.73 Å². The van der Waals surface area contributed by atoms with Crippen molar-refractivity contribution in [1.29, 1.82) is 0 Å². The van der Waals surface area contributed by atoms with Crippen LogP contribution in [0, 0.1) is 5.41 Å². The molecule has 2 aromatic rings. The molecule has 134 valence electrons. The van der Waals surface area contributed by atoms with E-state index in [1.807, 2.05) is 0 Å². The number of hydrogen-bond donors (Lipinski definition) is 1. The molecule has 3 fully saturated rings. The second kappa shape index (κ2) is 5.48. The van der Waals surface area contributed by atoms with E-state index in [1.165, 1.54) is 0 Å². The van der Waals surface area contributed by atoms with Gasteiger partial charge < -0.3 is 10.3 Å². The van der Waals surface area contributed by atoms with Crippen LogP contribution in [0.5, 0.6) is 0 Å². The van der Waals surface area contributed by atoms with E-state index in [0.717, 1.165) is 50.9 Å². The summed E-state index contributed by atoms with van der Waals surface area (Å²) in [4.78, 5) is 11.8. The van der Waals surface area contributed by atoms with Crippen LogP contribution in [-0.2, 0) is 11.6 Å². The molecule has 3 aliphatic carbocycles. The summed E-state index contributed by atoms with van der Waals surface area (Å²) < 4.78 is 43.2. The van der Waals surface area contributed by atoms with Crippen molar-refractivity contribution in [3.05, 3.63) is 23.8 Å². The van der Waals surface area contributed by atoms with Gasteiger partial charge in [0.1, 0.15) is 0 Å². The van der Waals surface area contributed by atoms with Crippen molar-refractivity contribution in [3.63, 3.8) is 0 Å². The molecule has 2 bridgehead atoms. The minimum atomic E-state index is -4.47. The van der Waals surface area contributed by atoms with Gasteiger partial charge in [0.2, 0.25) is 17.5 Å². The molecule has 9 heteroatoms. The van der Waals surface area contributed by atoms with Gasteiger partial charge in [0.25, 0.3) is 0 Å². The summed E-state index contributed by atoms with van der Waals surface area (Å²) in [6, 6.07) is 0. The van der Waals surface area contributed by atoms with Gasteiger partial charge >= 0.3 is 6.18 Å². The minimum absolute atomic E-state index is 0.0299. The zero-order valence-electron chi connectivity index (χ0n) is 13.5. The van der Waals surface area contributed by atoms with Crippen LogP contribution in [0.4, 0.5) is 13.2 Å². The SMILES string of the molecule is NC[C@]12CC[C@](c3nc(-c4ncc(C(F)(F)F)cn4)no3)(CC1)CC2. The molecule has 3 aliphatic rings. The number of alkyl halides is 3. The summed E-state index contributed by atoms with van der Waals surface area (Å²) in [7, 11) is 0. The molecule has 0 aliphatic heterocycles. The fourth-order valence-corrected chi connectivity index (χ4v) is 4.01. The fraction of sp³-hybridized carbons (Fsp3) is 0.625. The molecule has 0 radical (unpaired) electrons. The maximum atomic E-state index is 12.6. The highest BCUT2D eigenvalue weighted by Gasteiger charge is 2.51. The van der Waals surface area contributed by atoms with Gasteiger partial charge in [0.05, 0.1) is 5.56 Å². The number of halogens is 3. The highest BCUT2D eigenvalue weighted by atomic mass is 19.4. The third-order valence-corrected chi connectivity index (χ3v) is 5.89. The van der Waals surface area contributed by atoms with Crippen LogP contribution >= 0.6 is 0 Å². The Balaban J connectivity index is 1.57. The van der Waals surface area contributed by atoms with E-state index in [-0.39, 0.29) is 22.5 Å². The zero-order chi connectivity index (χ0) is 17.7. The van der Waals surface area contributed by atoms with Crippen LogP contribution in [0.2, 0.25) is 0 Å². The van der Waals surface area contributed by atoms with Gasteiger partial charge in [0, 0.05) is 17.8 Å². The van der Waals surface area contributed by atoms with Crippen LogP contribution in [0.25, 0.3) is 11.6 Å². The monoisotopic (exact) mass is 353 g/mol. The van der Waals surface area contributed by atoms with Gasteiger partial charge in [-0.25, -0.2) is 9.97 Å². The second-order valence-electron chi connectivity index (χ2n) is 7.20. The van der Waals surface area contributed by atoms with Gasteiger partial charge in [-0.05, 0) is 50.5 Å². The molecule has 0 spiro atoms. The lowest BCUT2D eigenvalue weighted by atomic mass is 9.53. The molecular formula is C16H18F3N5O. The normalized spacial score (nSPS) is 29.1. The molecule has 0 unspecified atom stereocenters. The average Bonchev–Trinajstić information content (AvgIpc) is 3.14. The Hall–Kier alpha value is -2.03. The number of aromatic nitrogens is 4. The molecule has 6 nitrogen and oxygen atoms in total. The number of fused-ring (bicyclic) bond motifs is 3. The van der Waals surface area contributed by atoms with Crippen LogP contribution in [0.1, 0.15) is 50.0 Å². The number of nitrogens with zero attached hydrogens (tertiary/aromatic N) is 4. The van der Waals surface area contributed by atoms with Crippen molar-refractivity contribution in [2.45, 2.75) is 50.1 Å². The first-order valence-corrected chi connectivity index (χ1v) is 8.30. The highest BCUT2D eigenvalue weighted by molar-refractivity contribution is 5.41. The molecule has 2 aromatic heterocycles. The summed E-state index contributed by atoms with van der Waals surface area (Å²) in [5.74, 6) is 0.693. The number of nitrogens with two attached hydrogens (primary N) is 1. The van der Waals surface area contributed by atoms with E-state index in [9.17, 15) is 13.2 Å². The van der Waals surface area contributed by atoms with Crippen molar-refractivity contribution in [3.8, 4) is 11.6 Å². The third-order valence-electron chi connectivity index (χ3n) is 5.89. The summed E-state index contributed by atoms with van der Waals surface area (Å²) in [6.07, 6.45) is 2.94. The Morgan fingerprint density at radius 3 is 2.12 bits per heavy atom. The predicted octanol–water partition coefficient (Wildman–Crippen LogP) is 3.10. The Labute approximate surface area is 142 Å². The lowest BCUT2D eigenvalue weighted by Crippen LogP contribution is -2.47. The van der Waals surface area contributed by atoms with Crippen molar-refractivity contribution >= 4 is 0 Å². The van der Waals surface area contributed by atoms with E-state index in [4.69, 9.17) is 10.3 Å². The Morgan fingerprint density at radius 2 is 1.60 bits per heavy atom. The topological polar surface area (TPSA) is 90.7 Å². The zero-order valence-corrected chi connectivity index (χ0v) is 13.5. The van der Waals surface area contributed by atoms with E-state index in [2.05, 4.69) is 20.1 Å². The first-order chi connectivity index (χ1) is 11.9.